The van der Waals surface area contributed by atoms with Crippen molar-refractivity contribution in [2.45, 2.75) is 6.42 Å². The standard InChI is InChI=1S/C11H16FNO4/c1-14-9-6-8(12)10(15-2)7(4-5-17-13)11(9)16-3/h6H,4-5,13H2,1-3H3. The van der Waals surface area contributed by atoms with E-state index in [-0.39, 0.29) is 12.4 Å². The number of benzene rings is 1. The number of nitrogens with two attached hydrogens (primary N) is 1. The Morgan fingerprint density at radius 3 is 2.24 bits per heavy atom. The highest BCUT2D eigenvalue weighted by molar-refractivity contribution is 5.54. The van der Waals surface area contributed by atoms with Crippen LogP contribution in [0.1, 0.15) is 5.56 Å². The molecule has 1 aromatic rings. The van der Waals surface area contributed by atoms with Gasteiger partial charge in [0, 0.05) is 18.1 Å². The molecule has 0 saturated heterocycles. The van der Waals surface area contributed by atoms with Gasteiger partial charge >= 0.3 is 0 Å². The second-order valence-corrected chi connectivity index (χ2v) is 3.23. The summed E-state index contributed by atoms with van der Waals surface area (Å²) in [6, 6.07) is 1.21. The Hall–Kier alpha value is -1.53. The minimum absolute atomic E-state index is 0.111. The highest BCUT2D eigenvalue weighted by atomic mass is 19.1. The number of ether oxygens (including phenoxy) is 3. The SMILES string of the molecule is COc1cc(F)c(OC)c(CCON)c1OC. The molecular formula is C11H16FNO4. The lowest BCUT2D eigenvalue weighted by Gasteiger charge is -2.16. The van der Waals surface area contributed by atoms with E-state index in [0.717, 1.165) is 0 Å². The molecule has 5 nitrogen and oxygen atoms in total. The first-order chi connectivity index (χ1) is 8.19. The highest BCUT2D eigenvalue weighted by Gasteiger charge is 2.20. The van der Waals surface area contributed by atoms with Crippen LogP contribution in [-0.2, 0) is 11.3 Å². The minimum Gasteiger partial charge on any atom is -0.493 e. The van der Waals surface area contributed by atoms with Gasteiger partial charge < -0.3 is 19.0 Å². The molecule has 0 aliphatic carbocycles. The molecule has 0 atom stereocenters. The molecule has 0 unspecified atom stereocenters. The van der Waals surface area contributed by atoms with E-state index in [9.17, 15) is 4.39 Å². The normalized spacial score (nSPS) is 10.2. The summed E-state index contributed by atoms with van der Waals surface area (Å²) >= 11 is 0. The summed E-state index contributed by atoms with van der Waals surface area (Å²) in [7, 11) is 4.30. The van der Waals surface area contributed by atoms with E-state index in [1.54, 1.807) is 0 Å². The van der Waals surface area contributed by atoms with Crippen molar-refractivity contribution in [1.29, 1.82) is 0 Å². The second kappa shape index (κ2) is 6.27. The number of hydrogen-bond acceptors (Lipinski definition) is 5. The maximum Gasteiger partial charge on any atom is 0.169 e. The number of rotatable bonds is 6. The average molecular weight is 245 g/mol. The lowest BCUT2D eigenvalue weighted by atomic mass is 10.1. The van der Waals surface area contributed by atoms with Gasteiger partial charge in [-0.3, -0.25) is 0 Å². The second-order valence-electron chi connectivity index (χ2n) is 3.23. The molecule has 0 aliphatic rings. The third-order valence-electron chi connectivity index (χ3n) is 2.34. The van der Waals surface area contributed by atoms with E-state index in [1.807, 2.05) is 0 Å². The predicted octanol–water partition coefficient (Wildman–Crippen LogP) is 1.28. The van der Waals surface area contributed by atoms with Crippen molar-refractivity contribution in [2.75, 3.05) is 27.9 Å². The van der Waals surface area contributed by atoms with Crippen LogP contribution in [0.4, 0.5) is 4.39 Å². The van der Waals surface area contributed by atoms with E-state index < -0.39 is 5.82 Å². The van der Waals surface area contributed by atoms with Gasteiger partial charge in [0.2, 0.25) is 0 Å². The van der Waals surface area contributed by atoms with Gasteiger partial charge in [0.15, 0.2) is 23.1 Å². The molecule has 17 heavy (non-hydrogen) atoms. The first kappa shape index (κ1) is 13.5. The monoisotopic (exact) mass is 245 g/mol. The zero-order chi connectivity index (χ0) is 12.8. The summed E-state index contributed by atoms with van der Waals surface area (Å²) in [6.45, 7) is 0.222. The molecule has 0 bridgehead atoms. The Morgan fingerprint density at radius 1 is 1.12 bits per heavy atom. The maximum absolute atomic E-state index is 13.7. The van der Waals surface area contributed by atoms with Gasteiger partial charge in [-0.2, -0.15) is 0 Å². The van der Waals surface area contributed by atoms with E-state index in [0.29, 0.717) is 23.5 Å². The van der Waals surface area contributed by atoms with E-state index in [2.05, 4.69) is 4.84 Å². The van der Waals surface area contributed by atoms with Crippen LogP contribution >= 0.6 is 0 Å². The Labute approximate surface area is 99.2 Å². The summed E-state index contributed by atoms with van der Waals surface area (Å²) in [5, 5.41) is 0. The van der Waals surface area contributed by atoms with Crippen LogP contribution in [0, 0.1) is 5.82 Å². The fourth-order valence-corrected chi connectivity index (χ4v) is 1.63. The van der Waals surface area contributed by atoms with Gasteiger partial charge in [0.25, 0.3) is 0 Å². The fraction of sp³-hybridized carbons (Fsp3) is 0.455. The lowest BCUT2D eigenvalue weighted by molar-refractivity contribution is 0.140. The lowest BCUT2D eigenvalue weighted by Crippen LogP contribution is -2.08. The van der Waals surface area contributed by atoms with Crippen LogP contribution in [-0.4, -0.2) is 27.9 Å². The number of halogens is 1. The van der Waals surface area contributed by atoms with Crippen LogP contribution < -0.4 is 20.1 Å². The molecule has 1 aromatic carbocycles. The third kappa shape index (κ3) is 2.78. The van der Waals surface area contributed by atoms with Crippen molar-refractivity contribution >= 4 is 0 Å². The third-order valence-corrected chi connectivity index (χ3v) is 2.34. The largest absolute Gasteiger partial charge is 0.493 e. The molecule has 0 saturated carbocycles. The van der Waals surface area contributed by atoms with Crippen molar-refractivity contribution in [2.24, 2.45) is 5.90 Å². The summed E-state index contributed by atoms with van der Waals surface area (Å²) in [6.07, 6.45) is 0.358. The van der Waals surface area contributed by atoms with Crippen molar-refractivity contribution in [1.82, 2.24) is 0 Å². The van der Waals surface area contributed by atoms with E-state index in [4.69, 9.17) is 20.1 Å². The first-order valence-corrected chi connectivity index (χ1v) is 4.98. The Kier molecular flexibility index (Phi) is 4.99. The van der Waals surface area contributed by atoms with Crippen LogP contribution in [0.2, 0.25) is 0 Å². The van der Waals surface area contributed by atoms with Crippen molar-refractivity contribution in [3.8, 4) is 17.2 Å². The van der Waals surface area contributed by atoms with Crippen molar-refractivity contribution < 1.29 is 23.4 Å². The summed E-state index contributed by atoms with van der Waals surface area (Å²) < 4.78 is 29.0. The van der Waals surface area contributed by atoms with E-state index in [1.165, 1.54) is 27.4 Å². The Morgan fingerprint density at radius 2 is 1.76 bits per heavy atom. The Bertz CT molecular complexity index is 384. The van der Waals surface area contributed by atoms with Crippen LogP contribution in [0.15, 0.2) is 6.07 Å². The average Bonchev–Trinajstić information content (AvgIpc) is 2.35. The van der Waals surface area contributed by atoms with Gasteiger partial charge in [0.05, 0.1) is 27.9 Å². The van der Waals surface area contributed by atoms with Gasteiger partial charge in [-0.25, -0.2) is 10.3 Å². The molecule has 0 heterocycles. The van der Waals surface area contributed by atoms with Gasteiger partial charge in [-0.1, -0.05) is 0 Å². The zero-order valence-corrected chi connectivity index (χ0v) is 10.1. The minimum atomic E-state index is -0.517. The van der Waals surface area contributed by atoms with Crippen LogP contribution in [0.25, 0.3) is 0 Å². The molecule has 2 N–H and O–H groups in total. The molecule has 0 spiro atoms. The molecule has 6 heteroatoms. The molecular weight excluding hydrogens is 229 g/mol. The van der Waals surface area contributed by atoms with Crippen LogP contribution in [0.3, 0.4) is 0 Å². The maximum atomic E-state index is 13.7. The molecule has 0 fully saturated rings. The topological polar surface area (TPSA) is 62.9 Å². The molecule has 0 radical (unpaired) electrons. The Balaban J connectivity index is 3.30. The predicted molar refractivity (Wildman–Crippen MR) is 59.9 cm³/mol. The molecule has 96 valence electrons. The first-order valence-electron chi connectivity index (χ1n) is 4.98. The molecule has 0 aliphatic heterocycles. The van der Waals surface area contributed by atoms with Gasteiger partial charge in [0.1, 0.15) is 0 Å². The van der Waals surface area contributed by atoms with Crippen molar-refractivity contribution in [3.63, 3.8) is 0 Å². The van der Waals surface area contributed by atoms with Crippen LogP contribution in [0.5, 0.6) is 17.2 Å². The quantitative estimate of drug-likeness (QED) is 0.765. The highest BCUT2D eigenvalue weighted by Crippen LogP contribution is 2.39. The smallest absolute Gasteiger partial charge is 0.169 e. The summed E-state index contributed by atoms with van der Waals surface area (Å²) in [4.78, 5) is 4.48. The number of methoxy groups -OCH3 is 3. The van der Waals surface area contributed by atoms with Crippen molar-refractivity contribution in [3.05, 3.63) is 17.4 Å². The zero-order valence-electron chi connectivity index (χ0n) is 10.1. The van der Waals surface area contributed by atoms with Gasteiger partial charge in [-0.05, 0) is 0 Å². The van der Waals surface area contributed by atoms with E-state index >= 15 is 0 Å². The fourth-order valence-electron chi connectivity index (χ4n) is 1.63. The number of hydrogen-bond donors (Lipinski definition) is 1. The van der Waals surface area contributed by atoms with Gasteiger partial charge in [-0.15, -0.1) is 0 Å². The summed E-state index contributed by atoms with van der Waals surface area (Å²) in [5.74, 6) is 5.28. The molecule has 0 aromatic heterocycles. The molecule has 1 rings (SSSR count). The molecule has 0 amide bonds. The summed E-state index contributed by atoms with van der Waals surface area (Å²) in [5.41, 5.74) is 0.525.